The van der Waals surface area contributed by atoms with E-state index in [1.807, 2.05) is 12.1 Å². The molecule has 2 N–H and O–H groups in total. The number of carboxylic acid groups (broad SMARTS) is 1. The molecule has 23 heavy (non-hydrogen) atoms. The van der Waals surface area contributed by atoms with Gasteiger partial charge >= 0.3 is 5.97 Å². The van der Waals surface area contributed by atoms with Crippen molar-refractivity contribution < 1.29 is 14.7 Å². The molecule has 0 aliphatic rings. The van der Waals surface area contributed by atoms with Crippen molar-refractivity contribution in [1.82, 2.24) is 5.32 Å². The molecular weight excluding hydrogens is 290 g/mol. The fraction of sp³-hybridized carbons (Fsp3) is 0.579. The number of hydrogen-bond donors (Lipinski definition) is 2. The molecule has 0 fully saturated rings. The molecule has 0 radical (unpaired) electrons. The molecule has 0 aliphatic carbocycles. The van der Waals surface area contributed by atoms with Gasteiger partial charge in [0.05, 0.1) is 0 Å². The van der Waals surface area contributed by atoms with Gasteiger partial charge in [0.25, 0.3) is 5.91 Å². The SMILES string of the molecule is CC(C)(C)CC[C@H](NC(=O)c1ccc(C(C)(C)C)cc1)C(=O)O. The maximum absolute atomic E-state index is 12.3. The molecule has 0 aliphatic heterocycles. The largest absolute Gasteiger partial charge is 0.480 e. The van der Waals surface area contributed by atoms with Crippen LogP contribution in [-0.4, -0.2) is 23.0 Å². The van der Waals surface area contributed by atoms with Crippen molar-refractivity contribution in [3.05, 3.63) is 35.4 Å². The zero-order valence-corrected chi connectivity index (χ0v) is 15.1. The second-order valence-electron chi connectivity index (χ2n) is 8.29. The number of carboxylic acids is 1. The Balaban J connectivity index is 2.77. The van der Waals surface area contributed by atoms with Crippen LogP contribution in [0.25, 0.3) is 0 Å². The van der Waals surface area contributed by atoms with Crippen LogP contribution in [0.15, 0.2) is 24.3 Å². The first kappa shape index (κ1) is 19.2. The molecule has 0 saturated carbocycles. The van der Waals surface area contributed by atoms with Gasteiger partial charge in [0.2, 0.25) is 0 Å². The molecule has 1 aromatic carbocycles. The first-order valence-electron chi connectivity index (χ1n) is 8.04. The van der Waals surface area contributed by atoms with E-state index in [1.54, 1.807) is 12.1 Å². The molecule has 4 nitrogen and oxygen atoms in total. The predicted molar refractivity (Wildman–Crippen MR) is 92.7 cm³/mol. The summed E-state index contributed by atoms with van der Waals surface area (Å²) in [7, 11) is 0. The third kappa shape index (κ3) is 6.43. The Labute approximate surface area is 139 Å². The number of nitrogens with one attached hydrogen (secondary N) is 1. The van der Waals surface area contributed by atoms with Crippen LogP contribution in [0.1, 0.15) is 70.3 Å². The number of aliphatic carboxylic acids is 1. The minimum Gasteiger partial charge on any atom is -0.480 e. The van der Waals surface area contributed by atoms with Crippen LogP contribution in [0.4, 0.5) is 0 Å². The highest BCUT2D eigenvalue weighted by Gasteiger charge is 2.23. The molecule has 0 aromatic heterocycles. The molecule has 0 bridgehead atoms. The lowest BCUT2D eigenvalue weighted by Gasteiger charge is -2.22. The monoisotopic (exact) mass is 319 g/mol. The Bertz CT molecular complexity index is 547. The Morgan fingerprint density at radius 1 is 1.04 bits per heavy atom. The minimum absolute atomic E-state index is 0.0192. The fourth-order valence-corrected chi connectivity index (χ4v) is 2.20. The summed E-state index contributed by atoms with van der Waals surface area (Å²) < 4.78 is 0. The summed E-state index contributed by atoms with van der Waals surface area (Å²) in [6, 6.07) is 6.47. The van der Waals surface area contributed by atoms with E-state index in [0.29, 0.717) is 12.0 Å². The van der Waals surface area contributed by atoms with Gasteiger partial charge in [0, 0.05) is 5.56 Å². The van der Waals surface area contributed by atoms with Gasteiger partial charge in [0.15, 0.2) is 0 Å². The smallest absolute Gasteiger partial charge is 0.326 e. The first-order valence-corrected chi connectivity index (χ1v) is 8.04. The number of carbonyl (C=O) groups excluding carboxylic acids is 1. The molecule has 0 spiro atoms. The van der Waals surface area contributed by atoms with Crippen molar-refractivity contribution >= 4 is 11.9 Å². The summed E-state index contributed by atoms with van der Waals surface area (Å²) in [5, 5.41) is 11.9. The Morgan fingerprint density at radius 2 is 1.57 bits per heavy atom. The summed E-state index contributed by atoms with van der Waals surface area (Å²) in [6.07, 6.45) is 1.15. The van der Waals surface area contributed by atoms with E-state index in [4.69, 9.17) is 0 Å². The highest BCUT2D eigenvalue weighted by Crippen LogP contribution is 2.23. The molecule has 128 valence electrons. The summed E-state index contributed by atoms with van der Waals surface area (Å²) in [5.41, 5.74) is 1.68. The van der Waals surface area contributed by atoms with E-state index >= 15 is 0 Å². The first-order chi connectivity index (χ1) is 10.4. The molecule has 1 rings (SSSR count). The van der Waals surface area contributed by atoms with Gasteiger partial charge in [-0.3, -0.25) is 4.79 Å². The number of amides is 1. The molecule has 0 heterocycles. The van der Waals surface area contributed by atoms with Gasteiger partial charge in [-0.25, -0.2) is 4.79 Å². The van der Waals surface area contributed by atoms with E-state index in [-0.39, 0.29) is 16.7 Å². The van der Waals surface area contributed by atoms with E-state index < -0.39 is 12.0 Å². The summed E-state index contributed by atoms with van der Waals surface area (Å²) >= 11 is 0. The van der Waals surface area contributed by atoms with Crippen LogP contribution in [0, 0.1) is 5.41 Å². The zero-order valence-electron chi connectivity index (χ0n) is 15.1. The van der Waals surface area contributed by atoms with Gasteiger partial charge < -0.3 is 10.4 Å². The van der Waals surface area contributed by atoms with E-state index in [1.165, 1.54) is 0 Å². The molecule has 1 amide bonds. The van der Waals surface area contributed by atoms with Crippen molar-refractivity contribution in [3.8, 4) is 0 Å². The van der Waals surface area contributed by atoms with E-state index in [2.05, 4.69) is 46.9 Å². The number of carbonyl (C=O) groups is 2. The van der Waals surface area contributed by atoms with Crippen LogP contribution in [0.3, 0.4) is 0 Å². The topological polar surface area (TPSA) is 66.4 Å². The number of hydrogen-bond acceptors (Lipinski definition) is 2. The maximum atomic E-state index is 12.3. The van der Waals surface area contributed by atoms with Gasteiger partial charge in [-0.15, -0.1) is 0 Å². The number of rotatable bonds is 5. The lowest BCUT2D eigenvalue weighted by Crippen LogP contribution is -2.41. The maximum Gasteiger partial charge on any atom is 0.326 e. The van der Waals surface area contributed by atoms with Gasteiger partial charge in [-0.2, -0.15) is 0 Å². The lowest BCUT2D eigenvalue weighted by molar-refractivity contribution is -0.139. The number of benzene rings is 1. The predicted octanol–water partition coefficient (Wildman–Crippen LogP) is 3.99. The average molecular weight is 319 g/mol. The molecule has 1 atom stereocenters. The van der Waals surface area contributed by atoms with E-state index in [0.717, 1.165) is 12.0 Å². The quantitative estimate of drug-likeness (QED) is 0.862. The zero-order chi connectivity index (χ0) is 17.8. The summed E-state index contributed by atoms with van der Waals surface area (Å²) in [4.78, 5) is 23.6. The second kappa shape index (κ2) is 7.16. The standard InChI is InChI=1S/C19H29NO3/c1-18(2,3)12-11-15(17(22)23)20-16(21)13-7-9-14(10-8-13)19(4,5)6/h7-10,15H,11-12H2,1-6H3,(H,20,21)(H,22,23)/t15-/m0/s1. The normalized spacial score (nSPS) is 13.5. The van der Waals surface area contributed by atoms with Gasteiger partial charge in [-0.1, -0.05) is 53.7 Å². The Morgan fingerprint density at radius 3 is 1.96 bits per heavy atom. The summed E-state index contributed by atoms with van der Waals surface area (Å²) in [6.45, 7) is 12.5. The second-order valence-corrected chi connectivity index (χ2v) is 8.29. The molecule has 0 saturated heterocycles. The van der Waals surface area contributed by atoms with Crippen LogP contribution < -0.4 is 5.32 Å². The Kier molecular flexibility index (Phi) is 5.98. The van der Waals surface area contributed by atoms with Crippen molar-refractivity contribution in [2.45, 2.75) is 65.8 Å². The van der Waals surface area contributed by atoms with Gasteiger partial charge in [0.1, 0.15) is 6.04 Å². The van der Waals surface area contributed by atoms with Crippen molar-refractivity contribution in [2.75, 3.05) is 0 Å². The van der Waals surface area contributed by atoms with Crippen LogP contribution in [0.2, 0.25) is 0 Å². The highest BCUT2D eigenvalue weighted by atomic mass is 16.4. The van der Waals surface area contributed by atoms with Crippen LogP contribution in [-0.2, 0) is 10.2 Å². The van der Waals surface area contributed by atoms with Crippen molar-refractivity contribution in [3.63, 3.8) is 0 Å². The fourth-order valence-electron chi connectivity index (χ4n) is 2.20. The highest BCUT2D eigenvalue weighted by molar-refractivity contribution is 5.96. The van der Waals surface area contributed by atoms with Crippen molar-refractivity contribution in [1.29, 1.82) is 0 Å². The Hall–Kier alpha value is -1.84. The molecule has 0 unspecified atom stereocenters. The van der Waals surface area contributed by atoms with Crippen LogP contribution >= 0.6 is 0 Å². The molecule has 1 aromatic rings. The van der Waals surface area contributed by atoms with Crippen LogP contribution in [0.5, 0.6) is 0 Å². The molecule has 4 heteroatoms. The summed E-state index contributed by atoms with van der Waals surface area (Å²) in [5.74, 6) is -1.33. The van der Waals surface area contributed by atoms with Crippen molar-refractivity contribution in [2.24, 2.45) is 5.41 Å². The lowest BCUT2D eigenvalue weighted by atomic mass is 9.86. The molecular formula is C19H29NO3. The third-order valence-corrected chi connectivity index (χ3v) is 3.80. The van der Waals surface area contributed by atoms with E-state index in [9.17, 15) is 14.7 Å². The average Bonchev–Trinajstić information content (AvgIpc) is 2.41. The minimum atomic E-state index is -0.992. The van der Waals surface area contributed by atoms with Gasteiger partial charge in [-0.05, 0) is 41.4 Å². The third-order valence-electron chi connectivity index (χ3n) is 3.80.